The summed E-state index contributed by atoms with van der Waals surface area (Å²) in [6, 6.07) is 9.81. The fourth-order valence-corrected chi connectivity index (χ4v) is 3.86. The fourth-order valence-electron chi connectivity index (χ4n) is 3.86. The molecule has 1 unspecified atom stereocenters. The summed E-state index contributed by atoms with van der Waals surface area (Å²) in [5.74, 6) is 0.798. The monoisotopic (exact) mass is 257 g/mol. The Kier molecular flexibility index (Phi) is 3.66. The molecule has 1 heteroatoms. The van der Waals surface area contributed by atoms with E-state index in [-0.39, 0.29) is 0 Å². The highest BCUT2D eigenvalue weighted by atomic mass is 14.9. The maximum Gasteiger partial charge on any atom is 0.0323 e. The van der Waals surface area contributed by atoms with E-state index < -0.39 is 0 Å². The van der Waals surface area contributed by atoms with E-state index in [2.05, 4.69) is 43.4 Å². The molecule has 0 bridgehead atoms. The molecule has 19 heavy (non-hydrogen) atoms. The lowest BCUT2D eigenvalue weighted by Gasteiger charge is -2.35. The van der Waals surface area contributed by atoms with Crippen LogP contribution in [0.3, 0.4) is 0 Å². The summed E-state index contributed by atoms with van der Waals surface area (Å²) in [4.78, 5) is 0. The summed E-state index contributed by atoms with van der Waals surface area (Å²) in [6.45, 7) is 6.04. The van der Waals surface area contributed by atoms with Gasteiger partial charge in [-0.15, -0.1) is 0 Å². The van der Waals surface area contributed by atoms with Crippen molar-refractivity contribution < 1.29 is 0 Å². The molecule has 0 amide bonds. The van der Waals surface area contributed by atoms with Crippen molar-refractivity contribution in [2.75, 3.05) is 6.54 Å². The van der Waals surface area contributed by atoms with Crippen LogP contribution in [0.2, 0.25) is 0 Å². The zero-order chi connectivity index (χ0) is 13.3. The van der Waals surface area contributed by atoms with Crippen molar-refractivity contribution >= 4 is 0 Å². The lowest BCUT2D eigenvalue weighted by Crippen LogP contribution is -2.22. The second-order valence-electron chi connectivity index (χ2n) is 7.22. The molecule has 1 nitrogen and oxygen atoms in total. The van der Waals surface area contributed by atoms with Gasteiger partial charge in [-0.3, -0.25) is 0 Å². The van der Waals surface area contributed by atoms with Gasteiger partial charge in [0.15, 0.2) is 0 Å². The van der Waals surface area contributed by atoms with Crippen LogP contribution in [0, 0.1) is 5.41 Å². The highest BCUT2D eigenvalue weighted by Gasteiger charge is 2.30. The first-order valence-electron chi connectivity index (χ1n) is 7.98. The standard InChI is InChI=1S/C18H27N/c1-18(2)11-9-14(10-12-18)15-6-3-4-7-16(15)17-8-5-13-19-17/h3-4,6-7,14,17,19H,5,8-13H2,1-2H3. The molecule has 1 heterocycles. The molecule has 0 spiro atoms. The van der Waals surface area contributed by atoms with Gasteiger partial charge in [-0.05, 0) is 67.5 Å². The lowest BCUT2D eigenvalue weighted by molar-refractivity contribution is 0.224. The molecule has 0 aromatic heterocycles. The van der Waals surface area contributed by atoms with E-state index in [0.717, 1.165) is 5.92 Å². The second kappa shape index (κ2) is 5.28. The van der Waals surface area contributed by atoms with Crippen LogP contribution in [0.4, 0.5) is 0 Å². The minimum atomic E-state index is 0.567. The van der Waals surface area contributed by atoms with E-state index in [9.17, 15) is 0 Å². The quantitative estimate of drug-likeness (QED) is 0.803. The summed E-state index contributed by atoms with van der Waals surface area (Å²) < 4.78 is 0. The Morgan fingerprint density at radius 1 is 1.00 bits per heavy atom. The third-order valence-electron chi connectivity index (χ3n) is 5.21. The van der Waals surface area contributed by atoms with E-state index >= 15 is 0 Å². The van der Waals surface area contributed by atoms with Gasteiger partial charge in [0.2, 0.25) is 0 Å². The summed E-state index contributed by atoms with van der Waals surface area (Å²) >= 11 is 0. The van der Waals surface area contributed by atoms with Gasteiger partial charge in [-0.25, -0.2) is 0 Å². The third kappa shape index (κ3) is 2.86. The van der Waals surface area contributed by atoms with Crippen LogP contribution >= 0.6 is 0 Å². The van der Waals surface area contributed by atoms with Crippen molar-refractivity contribution in [1.29, 1.82) is 0 Å². The number of benzene rings is 1. The van der Waals surface area contributed by atoms with Crippen LogP contribution in [-0.4, -0.2) is 6.54 Å². The molecule has 1 aromatic carbocycles. The topological polar surface area (TPSA) is 12.0 Å². The van der Waals surface area contributed by atoms with Crippen molar-refractivity contribution in [1.82, 2.24) is 5.32 Å². The number of hydrogen-bond donors (Lipinski definition) is 1. The Bertz CT molecular complexity index is 419. The predicted molar refractivity (Wildman–Crippen MR) is 81.4 cm³/mol. The second-order valence-corrected chi connectivity index (χ2v) is 7.22. The maximum atomic E-state index is 3.67. The lowest BCUT2D eigenvalue weighted by atomic mass is 9.70. The van der Waals surface area contributed by atoms with Crippen molar-refractivity contribution in [2.45, 2.75) is 64.3 Å². The normalized spacial score (nSPS) is 27.6. The Balaban J connectivity index is 1.80. The molecule has 2 aliphatic rings. The van der Waals surface area contributed by atoms with Crippen LogP contribution < -0.4 is 5.32 Å². The summed E-state index contributed by atoms with van der Waals surface area (Å²) in [5.41, 5.74) is 3.79. The van der Waals surface area contributed by atoms with Crippen molar-refractivity contribution in [3.05, 3.63) is 35.4 Å². The van der Waals surface area contributed by atoms with Crippen molar-refractivity contribution in [2.24, 2.45) is 5.41 Å². The molecule has 1 N–H and O–H groups in total. The van der Waals surface area contributed by atoms with Crippen LogP contribution in [-0.2, 0) is 0 Å². The van der Waals surface area contributed by atoms with E-state index in [1.807, 2.05) is 0 Å². The zero-order valence-corrected chi connectivity index (χ0v) is 12.4. The van der Waals surface area contributed by atoms with Crippen molar-refractivity contribution in [3.8, 4) is 0 Å². The molecule has 1 saturated carbocycles. The smallest absolute Gasteiger partial charge is 0.0323 e. The Labute approximate surface area is 117 Å². The SMILES string of the molecule is CC1(C)CCC(c2ccccc2C2CCCN2)CC1. The van der Waals surface area contributed by atoms with Gasteiger partial charge in [-0.2, -0.15) is 0 Å². The van der Waals surface area contributed by atoms with Crippen LogP contribution in [0.5, 0.6) is 0 Å². The minimum absolute atomic E-state index is 0.567. The Morgan fingerprint density at radius 3 is 2.32 bits per heavy atom. The molecule has 1 aliphatic carbocycles. The number of nitrogens with one attached hydrogen (secondary N) is 1. The Morgan fingerprint density at radius 2 is 1.68 bits per heavy atom. The molecule has 104 valence electrons. The Hall–Kier alpha value is -0.820. The predicted octanol–water partition coefficient (Wildman–Crippen LogP) is 4.79. The minimum Gasteiger partial charge on any atom is -0.310 e. The van der Waals surface area contributed by atoms with Gasteiger partial charge in [0.1, 0.15) is 0 Å². The van der Waals surface area contributed by atoms with E-state index in [1.165, 1.54) is 45.1 Å². The molecule has 2 fully saturated rings. The highest BCUT2D eigenvalue weighted by molar-refractivity contribution is 5.34. The van der Waals surface area contributed by atoms with Crippen molar-refractivity contribution in [3.63, 3.8) is 0 Å². The molecule has 0 radical (unpaired) electrons. The summed E-state index contributed by atoms with van der Waals surface area (Å²) in [6.07, 6.45) is 8.15. The zero-order valence-electron chi connectivity index (χ0n) is 12.4. The van der Waals surface area contributed by atoms with Gasteiger partial charge in [0.05, 0.1) is 0 Å². The number of rotatable bonds is 2. The van der Waals surface area contributed by atoms with Crippen LogP contribution in [0.15, 0.2) is 24.3 Å². The van der Waals surface area contributed by atoms with Crippen LogP contribution in [0.25, 0.3) is 0 Å². The van der Waals surface area contributed by atoms with Gasteiger partial charge < -0.3 is 5.32 Å². The first kappa shape index (κ1) is 13.2. The first-order valence-corrected chi connectivity index (χ1v) is 7.98. The molecule has 3 rings (SSSR count). The van der Waals surface area contributed by atoms with Gasteiger partial charge in [-0.1, -0.05) is 38.1 Å². The maximum absolute atomic E-state index is 3.67. The third-order valence-corrected chi connectivity index (χ3v) is 5.21. The average Bonchev–Trinajstić information content (AvgIpc) is 2.93. The first-order chi connectivity index (χ1) is 9.16. The van der Waals surface area contributed by atoms with E-state index in [1.54, 1.807) is 11.1 Å². The summed E-state index contributed by atoms with van der Waals surface area (Å²) in [5, 5.41) is 3.67. The van der Waals surface area contributed by atoms with Gasteiger partial charge in [0, 0.05) is 6.04 Å². The molecule has 1 saturated heterocycles. The van der Waals surface area contributed by atoms with Gasteiger partial charge in [0.25, 0.3) is 0 Å². The largest absolute Gasteiger partial charge is 0.310 e. The highest BCUT2D eigenvalue weighted by Crippen LogP contribution is 2.44. The molecule has 1 atom stereocenters. The van der Waals surface area contributed by atoms with E-state index in [0.29, 0.717) is 11.5 Å². The molecular weight excluding hydrogens is 230 g/mol. The average molecular weight is 257 g/mol. The molecular formula is C18H27N. The fraction of sp³-hybridized carbons (Fsp3) is 0.667. The molecule has 1 aliphatic heterocycles. The number of hydrogen-bond acceptors (Lipinski definition) is 1. The van der Waals surface area contributed by atoms with E-state index in [4.69, 9.17) is 0 Å². The molecule has 1 aromatic rings. The van der Waals surface area contributed by atoms with Crippen LogP contribution in [0.1, 0.15) is 75.5 Å². The summed E-state index contributed by atoms with van der Waals surface area (Å²) in [7, 11) is 0. The van der Waals surface area contributed by atoms with Gasteiger partial charge >= 0.3 is 0 Å².